The number of piperazine rings is 1. The van der Waals surface area contributed by atoms with Crippen molar-refractivity contribution in [3.05, 3.63) is 70.9 Å². The Morgan fingerprint density at radius 3 is 2.41 bits per heavy atom. The van der Waals surface area contributed by atoms with Crippen molar-refractivity contribution >= 4 is 23.2 Å². The molecule has 2 aromatic heterocycles. The Balaban J connectivity index is 1.42. The Labute approximate surface area is 167 Å². The van der Waals surface area contributed by atoms with Gasteiger partial charge < -0.3 is 15.1 Å². The fourth-order valence-electron chi connectivity index (χ4n) is 3.22. The zero-order chi connectivity index (χ0) is 20.2. The largest absolute Gasteiger partial charge is 0.368 e. The summed E-state index contributed by atoms with van der Waals surface area (Å²) in [5, 5.41) is 6.67. The number of carbonyl (C=O) groups excluding carboxylic acids is 1. The normalized spacial score (nSPS) is 14.0. The van der Waals surface area contributed by atoms with Gasteiger partial charge in [0, 0.05) is 51.0 Å². The highest BCUT2D eigenvalue weighted by molar-refractivity contribution is 6.02. The summed E-state index contributed by atoms with van der Waals surface area (Å²) in [6, 6.07) is 14.8. The summed E-state index contributed by atoms with van der Waals surface area (Å²) in [7, 11) is 1.50. The molecule has 0 bridgehead atoms. The van der Waals surface area contributed by atoms with E-state index in [0.29, 0.717) is 5.82 Å². The molecule has 4 rings (SSSR count). The first-order valence-corrected chi connectivity index (χ1v) is 9.33. The molecule has 1 N–H and O–H groups in total. The SMILES string of the molecule is Cn1nc(C(=O)Nc2cc(N3CCN(c4ccccc4)CC3)ncn2)ccc1=O. The second kappa shape index (κ2) is 8.09. The minimum Gasteiger partial charge on any atom is -0.368 e. The number of anilines is 3. The van der Waals surface area contributed by atoms with Crippen LogP contribution in [0.2, 0.25) is 0 Å². The highest BCUT2D eigenvalue weighted by atomic mass is 16.2. The molecule has 0 spiro atoms. The first-order chi connectivity index (χ1) is 14.1. The fourth-order valence-corrected chi connectivity index (χ4v) is 3.22. The molecule has 3 heterocycles. The van der Waals surface area contributed by atoms with Crippen molar-refractivity contribution in [2.45, 2.75) is 0 Å². The smallest absolute Gasteiger partial charge is 0.277 e. The van der Waals surface area contributed by atoms with Crippen molar-refractivity contribution in [1.82, 2.24) is 19.7 Å². The molecular formula is C20H21N7O2. The van der Waals surface area contributed by atoms with Crippen molar-refractivity contribution in [1.29, 1.82) is 0 Å². The molecule has 1 fully saturated rings. The first kappa shape index (κ1) is 18.6. The van der Waals surface area contributed by atoms with Crippen LogP contribution in [0.1, 0.15) is 10.5 Å². The number of para-hydroxylation sites is 1. The van der Waals surface area contributed by atoms with Crippen molar-refractivity contribution < 1.29 is 4.79 Å². The minimum atomic E-state index is -0.431. The molecule has 0 unspecified atom stereocenters. The quantitative estimate of drug-likeness (QED) is 0.713. The number of hydrogen-bond acceptors (Lipinski definition) is 7. The molecule has 1 aliphatic rings. The predicted octanol–water partition coefficient (Wildman–Crippen LogP) is 1.15. The molecule has 1 amide bonds. The molecule has 0 saturated carbocycles. The lowest BCUT2D eigenvalue weighted by atomic mass is 10.2. The van der Waals surface area contributed by atoms with E-state index in [9.17, 15) is 9.59 Å². The number of aromatic nitrogens is 4. The van der Waals surface area contributed by atoms with Crippen molar-refractivity contribution in [2.75, 3.05) is 41.3 Å². The summed E-state index contributed by atoms with van der Waals surface area (Å²) in [4.78, 5) is 36.8. The third-order valence-electron chi connectivity index (χ3n) is 4.81. The zero-order valence-electron chi connectivity index (χ0n) is 16.0. The molecule has 1 aliphatic heterocycles. The number of nitrogens with one attached hydrogen (secondary N) is 1. The monoisotopic (exact) mass is 391 g/mol. The topological polar surface area (TPSA) is 96.2 Å². The maximum atomic E-state index is 12.4. The van der Waals surface area contributed by atoms with Crippen molar-refractivity contribution in [3.63, 3.8) is 0 Å². The van der Waals surface area contributed by atoms with Gasteiger partial charge in [-0.15, -0.1) is 0 Å². The van der Waals surface area contributed by atoms with Crippen molar-refractivity contribution in [3.8, 4) is 0 Å². The Hall–Kier alpha value is -3.75. The van der Waals surface area contributed by atoms with E-state index < -0.39 is 5.91 Å². The van der Waals surface area contributed by atoms with E-state index in [0.717, 1.165) is 36.7 Å². The van der Waals surface area contributed by atoms with Crippen molar-refractivity contribution in [2.24, 2.45) is 7.05 Å². The maximum Gasteiger partial charge on any atom is 0.277 e. The predicted molar refractivity (Wildman–Crippen MR) is 110 cm³/mol. The molecule has 3 aromatic rings. The van der Waals surface area contributed by atoms with E-state index in [4.69, 9.17) is 0 Å². The van der Waals surface area contributed by atoms with E-state index in [2.05, 4.69) is 42.3 Å². The number of carbonyl (C=O) groups is 1. The Morgan fingerprint density at radius 1 is 0.966 bits per heavy atom. The van der Waals surface area contributed by atoms with Gasteiger partial charge in [0.1, 0.15) is 23.7 Å². The lowest BCUT2D eigenvalue weighted by Crippen LogP contribution is -2.46. The van der Waals surface area contributed by atoms with Gasteiger partial charge in [0.15, 0.2) is 0 Å². The average molecular weight is 391 g/mol. The van der Waals surface area contributed by atoms with E-state index in [1.54, 1.807) is 6.07 Å². The highest BCUT2D eigenvalue weighted by Crippen LogP contribution is 2.20. The van der Waals surface area contributed by atoms with Gasteiger partial charge in [-0.05, 0) is 18.2 Å². The zero-order valence-corrected chi connectivity index (χ0v) is 16.0. The first-order valence-electron chi connectivity index (χ1n) is 9.33. The van der Waals surface area contributed by atoms with Gasteiger partial charge in [0.2, 0.25) is 0 Å². The van der Waals surface area contributed by atoms with Crippen LogP contribution in [0, 0.1) is 0 Å². The molecule has 9 nitrogen and oxygen atoms in total. The van der Waals surface area contributed by atoms with Gasteiger partial charge in [-0.1, -0.05) is 18.2 Å². The van der Waals surface area contributed by atoms with Crippen LogP contribution in [-0.4, -0.2) is 51.8 Å². The third-order valence-corrected chi connectivity index (χ3v) is 4.81. The summed E-state index contributed by atoms with van der Waals surface area (Å²) < 4.78 is 1.12. The van der Waals surface area contributed by atoms with Crippen LogP contribution in [0.15, 0.2) is 59.7 Å². The standard InChI is InChI=1S/C20H21N7O2/c1-25-19(28)8-7-16(24-25)20(29)23-17-13-18(22-14-21-17)27-11-9-26(10-12-27)15-5-3-2-4-6-15/h2-8,13-14H,9-12H2,1H3,(H,21,22,23,29). The minimum absolute atomic E-state index is 0.142. The number of hydrogen-bond donors (Lipinski definition) is 1. The summed E-state index contributed by atoms with van der Waals surface area (Å²) in [6.45, 7) is 3.42. The third kappa shape index (κ3) is 4.23. The Bertz CT molecular complexity index is 1060. The Kier molecular flexibility index (Phi) is 5.19. The number of aryl methyl sites for hydroxylation is 1. The molecule has 0 aliphatic carbocycles. The molecule has 29 heavy (non-hydrogen) atoms. The van der Waals surface area contributed by atoms with Gasteiger partial charge in [-0.2, -0.15) is 5.10 Å². The van der Waals surface area contributed by atoms with E-state index >= 15 is 0 Å². The number of rotatable bonds is 4. The molecule has 0 radical (unpaired) electrons. The van der Waals surface area contributed by atoms with E-state index in [1.165, 1.54) is 31.2 Å². The van der Waals surface area contributed by atoms with Gasteiger partial charge in [0.25, 0.3) is 11.5 Å². The fraction of sp³-hybridized carbons (Fsp3) is 0.250. The maximum absolute atomic E-state index is 12.4. The van der Waals surface area contributed by atoms with Crippen LogP contribution in [0.3, 0.4) is 0 Å². The molecule has 1 aromatic carbocycles. The molecule has 0 atom stereocenters. The van der Waals surface area contributed by atoms with Crippen LogP contribution in [0.25, 0.3) is 0 Å². The average Bonchev–Trinajstić information content (AvgIpc) is 2.76. The van der Waals surface area contributed by atoms with Crippen LogP contribution in [0.4, 0.5) is 17.3 Å². The number of nitrogens with zero attached hydrogens (tertiary/aromatic N) is 6. The number of benzene rings is 1. The molecule has 148 valence electrons. The second-order valence-electron chi connectivity index (χ2n) is 6.71. The van der Waals surface area contributed by atoms with E-state index in [1.807, 2.05) is 18.2 Å². The van der Waals surface area contributed by atoms with Gasteiger partial charge in [0.05, 0.1) is 0 Å². The summed E-state index contributed by atoms with van der Waals surface area (Å²) in [5.74, 6) is 0.719. The molecular weight excluding hydrogens is 370 g/mol. The lowest BCUT2D eigenvalue weighted by molar-refractivity contribution is 0.101. The summed E-state index contributed by atoms with van der Waals surface area (Å²) >= 11 is 0. The van der Waals surface area contributed by atoms with Gasteiger partial charge in [-0.3, -0.25) is 9.59 Å². The van der Waals surface area contributed by atoms with Crippen LogP contribution < -0.4 is 20.7 Å². The second-order valence-corrected chi connectivity index (χ2v) is 6.71. The van der Waals surface area contributed by atoms with Crippen LogP contribution in [-0.2, 0) is 7.05 Å². The molecule has 9 heteroatoms. The Morgan fingerprint density at radius 2 is 1.69 bits per heavy atom. The van der Waals surface area contributed by atoms with Crippen LogP contribution in [0.5, 0.6) is 0 Å². The van der Waals surface area contributed by atoms with E-state index in [-0.39, 0.29) is 11.3 Å². The van der Waals surface area contributed by atoms with Gasteiger partial charge in [-0.25, -0.2) is 14.6 Å². The summed E-state index contributed by atoms with van der Waals surface area (Å²) in [6.07, 6.45) is 1.43. The molecule has 1 saturated heterocycles. The highest BCUT2D eigenvalue weighted by Gasteiger charge is 2.19. The summed E-state index contributed by atoms with van der Waals surface area (Å²) in [5.41, 5.74) is 1.08. The van der Waals surface area contributed by atoms with Crippen LogP contribution >= 0.6 is 0 Å². The van der Waals surface area contributed by atoms with Gasteiger partial charge >= 0.3 is 0 Å². The number of amides is 1. The lowest BCUT2D eigenvalue weighted by Gasteiger charge is -2.36.